The summed E-state index contributed by atoms with van der Waals surface area (Å²) < 4.78 is 4.71. The number of hydrogen-bond acceptors (Lipinski definition) is 3. The van der Waals surface area contributed by atoms with Crippen molar-refractivity contribution in [3.05, 3.63) is 36.2 Å². The third-order valence-electron chi connectivity index (χ3n) is 1.36. The summed E-state index contributed by atoms with van der Waals surface area (Å²) in [6, 6.07) is 5.50. The number of aromatic nitrogens is 1. The minimum Gasteiger partial charge on any atom is -0.463 e. The van der Waals surface area contributed by atoms with E-state index in [1.54, 1.807) is 19.2 Å². The van der Waals surface area contributed by atoms with Crippen molar-refractivity contribution in [3.8, 4) is 0 Å². The number of pyridine rings is 1. The van der Waals surface area contributed by atoms with E-state index < -0.39 is 0 Å². The lowest BCUT2D eigenvalue weighted by Gasteiger charge is -1.94. The van der Waals surface area contributed by atoms with Gasteiger partial charge in [-0.3, -0.25) is 4.98 Å². The topological polar surface area (TPSA) is 39.2 Å². The van der Waals surface area contributed by atoms with Gasteiger partial charge in [0, 0.05) is 12.3 Å². The van der Waals surface area contributed by atoms with Crippen molar-refractivity contribution in [1.82, 2.24) is 4.98 Å². The van der Waals surface area contributed by atoms with Crippen molar-refractivity contribution < 1.29 is 9.53 Å². The molecule has 0 N–H and O–H groups in total. The van der Waals surface area contributed by atoms with Crippen molar-refractivity contribution in [2.75, 3.05) is 6.61 Å². The van der Waals surface area contributed by atoms with Gasteiger partial charge in [0.05, 0.1) is 12.3 Å². The SMILES string of the molecule is CCOC(=O)/C=C\c1ccccn1. The van der Waals surface area contributed by atoms with Crippen LogP contribution < -0.4 is 0 Å². The van der Waals surface area contributed by atoms with Gasteiger partial charge in [0.1, 0.15) is 0 Å². The fourth-order valence-electron chi connectivity index (χ4n) is 0.818. The van der Waals surface area contributed by atoms with Gasteiger partial charge in [0.2, 0.25) is 0 Å². The first kappa shape index (κ1) is 9.45. The van der Waals surface area contributed by atoms with Crippen LogP contribution >= 0.6 is 0 Å². The molecule has 3 heteroatoms. The molecular weight excluding hydrogens is 166 g/mol. The third kappa shape index (κ3) is 3.51. The van der Waals surface area contributed by atoms with Crippen molar-refractivity contribution >= 4 is 12.0 Å². The van der Waals surface area contributed by atoms with Gasteiger partial charge in [0.15, 0.2) is 0 Å². The second kappa shape index (κ2) is 5.09. The molecule has 0 unspecified atom stereocenters. The van der Waals surface area contributed by atoms with Crippen LogP contribution in [0.25, 0.3) is 6.08 Å². The van der Waals surface area contributed by atoms with Crippen LogP contribution in [-0.4, -0.2) is 17.6 Å². The number of hydrogen-bond donors (Lipinski definition) is 0. The second-order valence-corrected chi connectivity index (χ2v) is 2.34. The Morgan fingerprint density at radius 1 is 1.62 bits per heavy atom. The second-order valence-electron chi connectivity index (χ2n) is 2.34. The molecule has 1 aromatic rings. The quantitative estimate of drug-likeness (QED) is 0.520. The van der Waals surface area contributed by atoms with E-state index in [1.165, 1.54) is 6.08 Å². The first-order valence-electron chi connectivity index (χ1n) is 4.09. The molecule has 1 aromatic heterocycles. The van der Waals surface area contributed by atoms with Crippen LogP contribution in [0, 0.1) is 0 Å². The standard InChI is InChI=1S/C10H11NO2/c1-2-13-10(12)7-6-9-5-3-4-8-11-9/h3-8H,2H2,1H3/b7-6-. The third-order valence-corrected chi connectivity index (χ3v) is 1.36. The highest BCUT2D eigenvalue weighted by molar-refractivity contribution is 5.86. The van der Waals surface area contributed by atoms with Gasteiger partial charge in [0.25, 0.3) is 0 Å². The lowest BCUT2D eigenvalue weighted by Crippen LogP contribution is -1.98. The minimum atomic E-state index is -0.340. The maximum atomic E-state index is 10.9. The molecule has 3 nitrogen and oxygen atoms in total. The van der Waals surface area contributed by atoms with E-state index in [4.69, 9.17) is 4.74 Å². The van der Waals surface area contributed by atoms with Gasteiger partial charge >= 0.3 is 5.97 Å². The summed E-state index contributed by atoms with van der Waals surface area (Å²) in [7, 11) is 0. The molecule has 0 fully saturated rings. The summed E-state index contributed by atoms with van der Waals surface area (Å²) in [6.07, 6.45) is 4.66. The minimum absolute atomic E-state index is 0.340. The van der Waals surface area contributed by atoms with Gasteiger partial charge in [-0.15, -0.1) is 0 Å². The zero-order chi connectivity index (χ0) is 9.52. The van der Waals surface area contributed by atoms with Gasteiger partial charge in [-0.05, 0) is 25.1 Å². The Morgan fingerprint density at radius 3 is 3.08 bits per heavy atom. The molecule has 1 heterocycles. The highest BCUT2D eigenvalue weighted by Crippen LogP contribution is 1.96. The zero-order valence-corrected chi connectivity index (χ0v) is 7.43. The van der Waals surface area contributed by atoms with E-state index in [1.807, 2.05) is 18.2 Å². The van der Waals surface area contributed by atoms with Crippen LogP contribution in [0.5, 0.6) is 0 Å². The Bertz CT molecular complexity index is 293. The maximum Gasteiger partial charge on any atom is 0.330 e. The average molecular weight is 177 g/mol. The molecule has 0 bridgehead atoms. The zero-order valence-electron chi connectivity index (χ0n) is 7.43. The Labute approximate surface area is 77.1 Å². The van der Waals surface area contributed by atoms with Crippen LogP contribution in [0.2, 0.25) is 0 Å². The number of nitrogens with zero attached hydrogens (tertiary/aromatic N) is 1. The van der Waals surface area contributed by atoms with E-state index in [0.717, 1.165) is 5.69 Å². The number of esters is 1. The molecule has 0 spiro atoms. The van der Waals surface area contributed by atoms with Crippen molar-refractivity contribution in [3.63, 3.8) is 0 Å². The number of carbonyl (C=O) groups is 1. The van der Waals surface area contributed by atoms with Crippen molar-refractivity contribution in [1.29, 1.82) is 0 Å². The Kier molecular flexibility index (Phi) is 3.70. The Hall–Kier alpha value is -1.64. The summed E-state index contributed by atoms with van der Waals surface area (Å²) >= 11 is 0. The molecule has 13 heavy (non-hydrogen) atoms. The van der Waals surface area contributed by atoms with Crippen LogP contribution in [0.15, 0.2) is 30.5 Å². The van der Waals surface area contributed by atoms with Gasteiger partial charge < -0.3 is 4.74 Å². The van der Waals surface area contributed by atoms with E-state index in [0.29, 0.717) is 6.61 Å². The van der Waals surface area contributed by atoms with E-state index in [9.17, 15) is 4.79 Å². The average Bonchev–Trinajstić information content (AvgIpc) is 2.17. The monoisotopic (exact) mass is 177 g/mol. The van der Waals surface area contributed by atoms with Gasteiger partial charge in [-0.25, -0.2) is 4.79 Å². The molecule has 0 saturated heterocycles. The number of ether oxygens (including phenoxy) is 1. The molecule has 0 aliphatic rings. The van der Waals surface area contributed by atoms with Gasteiger partial charge in [-0.2, -0.15) is 0 Å². The molecular formula is C10H11NO2. The van der Waals surface area contributed by atoms with E-state index in [-0.39, 0.29) is 5.97 Å². The maximum absolute atomic E-state index is 10.9. The molecule has 0 amide bonds. The number of carbonyl (C=O) groups excluding carboxylic acids is 1. The van der Waals surface area contributed by atoms with Crippen LogP contribution in [-0.2, 0) is 9.53 Å². The summed E-state index contributed by atoms with van der Waals surface area (Å²) in [5.41, 5.74) is 0.746. The van der Waals surface area contributed by atoms with Crippen LogP contribution in [0.3, 0.4) is 0 Å². The fraction of sp³-hybridized carbons (Fsp3) is 0.200. The highest BCUT2D eigenvalue weighted by Gasteiger charge is 1.92. The predicted molar refractivity (Wildman–Crippen MR) is 49.9 cm³/mol. The van der Waals surface area contributed by atoms with Gasteiger partial charge in [-0.1, -0.05) is 6.07 Å². The first-order valence-corrected chi connectivity index (χ1v) is 4.09. The molecule has 0 aromatic carbocycles. The molecule has 0 atom stereocenters. The Morgan fingerprint density at radius 2 is 2.46 bits per heavy atom. The van der Waals surface area contributed by atoms with Crippen molar-refractivity contribution in [2.45, 2.75) is 6.92 Å². The smallest absolute Gasteiger partial charge is 0.330 e. The molecule has 0 aliphatic carbocycles. The molecule has 0 saturated carbocycles. The first-order chi connectivity index (χ1) is 6.33. The normalized spacial score (nSPS) is 10.2. The van der Waals surface area contributed by atoms with E-state index >= 15 is 0 Å². The number of rotatable bonds is 3. The van der Waals surface area contributed by atoms with Crippen LogP contribution in [0.4, 0.5) is 0 Å². The lowest BCUT2D eigenvalue weighted by molar-refractivity contribution is -0.137. The molecule has 68 valence electrons. The molecule has 0 radical (unpaired) electrons. The molecule has 0 aliphatic heterocycles. The Balaban J connectivity index is 2.54. The summed E-state index contributed by atoms with van der Waals surface area (Å²) in [4.78, 5) is 14.9. The van der Waals surface area contributed by atoms with E-state index in [2.05, 4.69) is 4.98 Å². The molecule has 1 rings (SSSR count). The largest absolute Gasteiger partial charge is 0.463 e. The summed E-state index contributed by atoms with van der Waals surface area (Å²) in [6.45, 7) is 2.16. The van der Waals surface area contributed by atoms with Crippen LogP contribution in [0.1, 0.15) is 12.6 Å². The lowest BCUT2D eigenvalue weighted by atomic mass is 10.3. The highest BCUT2D eigenvalue weighted by atomic mass is 16.5. The summed E-state index contributed by atoms with van der Waals surface area (Å²) in [5.74, 6) is -0.340. The van der Waals surface area contributed by atoms with Crippen molar-refractivity contribution in [2.24, 2.45) is 0 Å². The predicted octanol–water partition coefficient (Wildman–Crippen LogP) is 1.66. The fourth-order valence-corrected chi connectivity index (χ4v) is 0.818. The summed E-state index contributed by atoms with van der Waals surface area (Å²) in [5, 5.41) is 0.